The van der Waals surface area contributed by atoms with Crippen LogP contribution in [0.15, 0.2) is 24.3 Å². The molecule has 0 bridgehead atoms. The van der Waals surface area contributed by atoms with Gasteiger partial charge in [0.2, 0.25) is 0 Å². The van der Waals surface area contributed by atoms with Crippen LogP contribution < -0.4 is 0 Å². The normalized spacial score (nSPS) is 16.3. The van der Waals surface area contributed by atoms with Crippen molar-refractivity contribution in [3.8, 4) is 0 Å². The highest BCUT2D eigenvalue weighted by atomic mass is 16.5. The van der Waals surface area contributed by atoms with Crippen molar-refractivity contribution in [1.82, 2.24) is 0 Å². The Bertz CT molecular complexity index is 365. The lowest BCUT2D eigenvalue weighted by atomic mass is 9.91. The Labute approximate surface area is 96.6 Å². The van der Waals surface area contributed by atoms with Gasteiger partial charge in [0.15, 0.2) is 0 Å². The SMILES string of the molecule is [CH2]OC(=O)Cc1ccccc1C1CCCC1. The highest BCUT2D eigenvalue weighted by molar-refractivity contribution is 5.73. The van der Waals surface area contributed by atoms with E-state index in [4.69, 9.17) is 0 Å². The van der Waals surface area contributed by atoms with E-state index in [9.17, 15) is 4.79 Å². The van der Waals surface area contributed by atoms with E-state index in [2.05, 4.69) is 17.9 Å². The molecule has 1 aromatic carbocycles. The fourth-order valence-electron chi connectivity index (χ4n) is 2.54. The molecular formula is C14H17O2. The maximum atomic E-state index is 11.3. The number of rotatable bonds is 3. The summed E-state index contributed by atoms with van der Waals surface area (Å²) in [6.45, 7) is 0. The summed E-state index contributed by atoms with van der Waals surface area (Å²) in [4.78, 5) is 11.3. The molecule has 1 radical (unpaired) electrons. The number of esters is 1. The van der Waals surface area contributed by atoms with Gasteiger partial charge in [-0.25, -0.2) is 0 Å². The van der Waals surface area contributed by atoms with Crippen LogP contribution in [0.4, 0.5) is 0 Å². The largest absolute Gasteiger partial charge is 0.462 e. The van der Waals surface area contributed by atoms with Crippen LogP contribution in [0.1, 0.15) is 42.7 Å². The monoisotopic (exact) mass is 217 g/mol. The second-order valence-corrected chi connectivity index (χ2v) is 4.37. The van der Waals surface area contributed by atoms with Crippen molar-refractivity contribution >= 4 is 5.97 Å². The van der Waals surface area contributed by atoms with Crippen LogP contribution in [-0.2, 0) is 16.0 Å². The maximum Gasteiger partial charge on any atom is 0.310 e. The van der Waals surface area contributed by atoms with Gasteiger partial charge in [-0.3, -0.25) is 4.79 Å². The second kappa shape index (κ2) is 5.15. The number of hydrogen-bond donors (Lipinski definition) is 0. The predicted octanol–water partition coefficient (Wildman–Crippen LogP) is 3.22. The molecule has 1 aliphatic carbocycles. The van der Waals surface area contributed by atoms with Gasteiger partial charge in [0, 0.05) is 0 Å². The summed E-state index contributed by atoms with van der Waals surface area (Å²) in [7, 11) is 3.16. The van der Waals surface area contributed by atoms with Crippen molar-refractivity contribution in [3.05, 3.63) is 42.5 Å². The fourth-order valence-corrected chi connectivity index (χ4v) is 2.54. The third kappa shape index (κ3) is 2.43. The molecule has 16 heavy (non-hydrogen) atoms. The molecule has 0 unspecified atom stereocenters. The molecule has 85 valence electrons. The minimum atomic E-state index is -0.259. The van der Waals surface area contributed by atoms with Gasteiger partial charge in [-0.15, -0.1) is 0 Å². The zero-order chi connectivity index (χ0) is 11.4. The van der Waals surface area contributed by atoms with Gasteiger partial charge in [-0.2, -0.15) is 0 Å². The number of carbonyl (C=O) groups is 1. The highest BCUT2D eigenvalue weighted by Crippen LogP contribution is 2.35. The van der Waals surface area contributed by atoms with Gasteiger partial charge in [0.05, 0.1) is 6.42 Å². The standard InChI is InChI=1S/C14H17O2/c1-16-14(15)10-12-8-4-5-9-13(12)11-6-2-3-7-11/h4-5,8-9,11H,1-3,6-7,10H2. The Morgan fingerprint density at radius 2 is 2.00 bits per heavy atom. The number of hydrogen-bond acceptors (Lipinski definition) is 2. The molecular weight excluding hydrogens is 200 g/mol. The molecule has 0 amide bonds. The van der Waals surface area contributed by atoms with Crippen molar-refractivity contribution in [2.45, 2.75) is 38.0 Å². The van der Waals surface area contributed by atoms with Crippen LogP contribution in [0.5, 0.6) is 0 Å². The van der Waals surface area contributed by atoms with Crippen molar-refractivity contribution in [3.63, 3.8) is 0 Å². The predicted molar refractivity (Wildman–Crippen MR) is 62.8 cm³/mol. The second-order valence-electron chi connectivity index (χ2n) is 4.37. The van der Waals surface area contributed by atoms with E-state index in [0.717, 1.165) is 5.56 Å². The van der Waals surface area contributed by atoms with E-state index in [1.165, 1.54) is 31.2 Å². The Morgan fingerprint density at radius 3 is 2.69 bits per heavy atom. The third-order valence-corrected chi connectivity index (χ3v) is 3.35. The third-order valence-electron chi connectivity index (χ3n) is 3.35. The quantitative estimate of drug-likeness (QED) is 0.727. The zero-order valence-electron chi connectivity index (χ0n) is 9.45. The first-order chi connectivity index (χ1) is 7.81. The first kappa shape index (κ1) is 11.2. The first-order valence-corrected chi connectivity index (χ1v) is 5.84. The Kier molecular flexibility index (Phi) is 3.60. The molecule has 0 aliphatic heterocycles. The van der Waals surface area contributed by atoms with Crippen molar-refractivity contribution < 1.29 is 9.53 Å². The molecule has 0 N–H and O–H groups in total. The average molecular weight is 217 g/mol. The summed E-state index contributed by atoms with van der Waals surface area (Å²) < 4.78 is 4.48. The zero-order valence-corrected chi connectivity index (χ0v) is 9.45. The van der Waals surface area contributed by atoms with Crippen molar-refractivity contribution in [2.24, 2.45) is 0 Å². The van der Waals surface area contributed by atoms with Crippen LogP contribution in [0.3, 0.4) is 0 Å². The van der Waals surface area contributed by atoms with Crippen LogP contribution >= 0.6 is 0 Å². The molecule has 2 nitrogen and oxygen atoms in total. The minimum absolute atomic E-state index is 0.259. The number of benzene rings is 1. The van der Waals surface area contributed by atoms with E-state index in [-0.39, 0.29) is 5.97 Å². The molecule has 2 heteroatoms. The summed E-state index contributed by atoms with van der Waals surface area (Å²) in [5, 5.41) is 0. The van der Waals surface area contributed by atoms with Gasteiger partial charge < -0.3 is 4.74 Å². The molecule has 0 aromatic heterocycles. The Balaban J connectivity index is 2.19. The smallest absolute Gasteiger partial charge is 0.310 e. The van der Waals surface area contributed by atoms with Crippen LogP contribution in [0.2, 0.25) is 0 Å². The number of carbonyl (C=O) groups excluding carboxylic acids is 1. The van der Waals surface area contributed by atoms with E-state index < -0.39 is 0 Å². The van der Waals surface area contributed by atoms with Crippen LogP contribution in [0.25, 0.3) is 0 Å². The summed E-state index contributed by atoms with van der Waals surface area (Å²) in [6, 6.07) is 8.18. The molecule has 0 atom stereocenters. The van der Waals surface area contributed by atoms with Gasteiger partial charge in [-0.05, 0) is 29.9 Å². The summed E-state index contributed by atoms with van der Waals surface area (Å²) >= 11 is 0. The molecule has 1 fully saturated rings. The summed E-state index contributed by atoms with van der Waals surface area (Å²) in [5.74, 6) is 0.374. The van der Waals surface area contributed by atoms with Gasteiger partial charge in [-0.1, -0.05) is 37.1 Å². The Morgan fingerprint density at radius 1 is 1.31 bits per heavy atom. The summed E-state index contributed by atoms with van der Waals surface area (Å²) in [6.07, 6.45) is 5.45. The summed E-state index contributed by atoms with van der Waals surface area (Å²) in [5.41, 5.74) is 2.42. The topological polar surface area (TPSA) is 26.3 Å². The Hall–Kier alpha value is -1.31. The van der Waals surface area contributed by atoms with E-state index in [1.807, 2.05) is 18.2 Å². The molecule has 0 heterocycles. The minimum Gasteiger partial charge on any atom is -0.462 e. The van der Waals surface area contributed by atoms with Crippen LogP contribution in [-0.4, -0.2) is 5.97 Å². The average Bonchev–Trinajstić information content (AvgIpc) is 2.83. The van der Waals surface area contributed by atoms with Crippen molar-refractivity contribution in [2.75, 3.05) is 0 Å². The number of ether oxygens (including phenoxy) is 1. The van der Waals surface area contributed by atoms with E-state index in [0.29, 0.717) is 12.3 Å². The molecule has 0 saturated heterocycles. The molecule has 1 saturated carbocycles. The van der Waals surface area contributed by atoms with Gasteiger partial charge in [0.25, 0.3) is 0 Å². The lowest BCUT2D eigenvalue weighted by Crippen LogP contribution is -2.07. The van der Waals surface area contributed by atoms with Gasteiger partial charge in [0.1, 0.15) is 7.11 Å². The van der Waals surface area contributed by atoms with E-state index in [1.54, 1.807) is 0 Å². The molecule has 1 aromatic rings. The highest BCUT2D eigenvalue weighted by Gasteiger charge is 2.20. The van der Waals surface area contributed by atoms with E-state index >= 15 is 0 Å². The van der Waals surface area contributed by atoms with Gasteiger partial charge >= 0.3 is 5.97 Å². The first-order valence-electron chi connectivity index (χ1n) is 5.84. The molecule has 1 aliphatic rings. The fraction of sp³-hybridized carbons (Fsp3) is 0.429. The molecule has 2 rings (SSSR count). The maximum absolute atomic E-state index is 11.3. The van der Waals surface area contributed by atoms with Crippen molar-refractivity contribution in [1.29, 1.82) is 0 Å². The molecule has 0 spiro atoms. The lowest BCUT2D eigenvalue weighted by molar-refractivity contribution is -0.137. The lowest BCUT2D eigenvalue weighted by Gasteiger charge is -2.14. The van der Waals surface area contributed by atoms with Crippen LogP contribution in [0, 0.1) is 7.11 Å².